The summed E-state index contributed by atoms with van der Waals surface area (Å²) in [6.45, 7) is 17.1. The van der Waals surface area contributed by atoms with Crippen molar-refractivity contribution in [2.24, 2.45) is 4.99 Å². The van der Waals surface area contributed by atoms with Crippen molar-refractivity contribution in [2.45, 2.75) is 72.6 Å². The minimum Gasteiger partial charge on any atom is -0.507 e. The Morgan fingerprint density at radius 3 is 2.33 bits per heavy atom. The lowest BCUT2D eigenvalue weighted by atomic mass is 9.79. The zero-order chi connectivity index (χ0) is 24.4. The second-order valence-corrected chi connectivity index (χ2v) is 10.9. The molecule has 0 bridgehead atoms. The van der Waals surface area contributed by atoms with E-state index in [-0.39, 0.29) is 16.6 Å². The van der Waals surface area contributed by atoms with Crippen molar-refractivity contribution in [2.75, 3.05) is 0 Å². The lowest BCUT2D eigenvalue weighted by molar-refractivity contribution is 0.409. The maximum atomic E-state index is 11.1. The van der Waals surface area contributed by atoms with Gasteiger partial charge in [0.2, 0.25) is 0 Å². The van der Waals surface area contributed by atoms with E-state index >= 15 is 0 Å². The molecule has 0 fully saturated rings. The average Bonchev–Trinajstić information content (AvgIpc) is 2.86. The van der Waals surface area contributed by atoms with E-state index < -0.39 is 0 Å². The third-order valence-electron chi connectivity index (χ3n) is 5.86. The van der Waals surface area contributed by atoms with E-state index in [4.69, 9.17) is 9.73 Å². The van der Waals surface area contributed by atoms with Crippen LogP contribution in [0.1, 0.15) is 78.5 Å². The van der Waals surface area contributed by atoms with Crippen LogP contribution in [0.5, 0.6) is 11.5 Å². The molecule has 1 N–H and O–H groups in total. The van der Waals surface area contributed by atoms with Gasteiger partial charge in [0.25, 0.3) is 0 Å². The molecule has 3 nitrogen and oxygen atoms in total. The molecule has 1 aliphatic rings. The fourth-order valence-corrected chi connectivity index (χ4v) is 3.70. The summed E-state index contributed by atoms with van der Waals surface area (Å²) in [6, 6.07) is 11.9. The molecule has 0 unspecified atom stereocenters. The van der Waals surface area contributed by atoms with E-state index in [0.29, 0.717) is 11.3 Å². The van der Waals surface area contributed by atoms with Crippen LogP contribution in [0.3, 0.4) is 0 Å². The summed E-state index contributed by atoms with van der Waals surface area (Å²) >= 11 is 0. The number of aliphatic imine (C=N–C) groups is 1. The topological polar surface area (TPSA) is 41.8 Å². The maximum Gasteiger partial charge on any atom is 0.152 e. The monoisotopic (exact) mass is 443 g/mol. The minimum atomic E-state index is -0.183. The van der Waals surface area contributed by atoms with Gasteiger partial charge in [-0.25, -0.2) is 0 Å². The van der Waals surface area contributed by atoms with Crippen LogP contribution < -0.4 is 4.74 Å². The average molecular weight is 444 g/mol. The number of hydrogen-bond acceptors (Lipinski definition) is 3. The Balaban J connectivity index is 2.02. The fraction of sp³-hybridized carbons (Fsp3) is 0.367. The summed E-state index contributed by atoms with van der Waals surface area (Å²) in [5.41, 5.74) is 5.67. The molecule has 2 aromatic rings. The quantitative estimate of drug-likeness (QED) is 0.483. The lowest BCUT2D eigenvalue weighted by Crippen LogP contribution is -2.17. The predicted molar refractivity (Wildman–Crippen MR) is 140 cm³/mol. The molecule has 174 valence electrons. The second kappa shape index (κ2) is 9.43. The van der Waals surface area contributed by atoms with E-state index in [1.54, 1.807) is 6.21 Å². The summed E-state index contributed by atoms with van der Waals surface area (Å²) in [5.74, 6) is 1.91. The van der Waals surface area contributed by atoms with Crippen molar-refractivity contribution < 1.29 is 9.84 Å². The van der Waals surface area contributed by atoms with Gasteiger partial charge >= 0.3 is 0 Å². The normalized spacial score (nSPS) is 15.1. The van der Waals surface area contributed by atoms with Crippen LogP contribution in [0.15, 0.2) is 76.5 Å². The first-order chi connectivity index (χ1) is 15.4. The van der Waals surface area contributed by atoms with E-state index in [1.165, 1.54) is 11.1 Å². The number of phenolic OH excluding ortho intramolecular Hbond substituents is 1. The molecule has 0 aromatic heterocycles. The van der Waals surface area contributed by atoms with Crippen molar-refractivity contribution in [1.29, 1.82) is 0 Å². The molecule has 2 aromatic carbocycles. The Morgan fingerprint density at radius 2 is 1.67 bits per heavy atom. The minimum absolute atomic E-state index is 0.0420. The van der Waals surface area contributed by atoms with E-state index in [1.807, 2.05) is 30.3 Å². The number of benzene rings is 2. The highest BCUT2D eigenvalue weighted by atomic mass is 16.5. The van der Waals surface area contributed by atoms with Crippen molar-refractivity contribution in [1.82, 2.24) is 0 Å². The van der Waals surface area contributed by atoms with Gasteiger partial charge in [-0.3, -0.25) is 4.99 Å². The number of para-hydroxylation sites is 2. The molecule has 0 saturated carbocycles. The van der Waals surface area contributed by atoms with Crippen molar-refractivity contribution in [3.05, 3.63) is 88.2 Å². The first kappa shape index (κ1) is 24.6. The summed E-state index contributed by atoms with van der Waals surface area (Å²) < 4.78 is 6.34. The molecule has 3 heteroatoms. The lowest BCUT2D eigenvalue weighted by Gasteiger charge is -2.27. The standard InChI is InChI=1S/C30H37NO2/c1-20-12-11-13-21(2)27(16-20)33-26-15-10-9-14-25(26)31-19-22-17-23(29(3,4)5)18-24(28(22)32)30(6,7)8/h9-15,17-19,32H,16H2,1-8H3. The molecule has 0 atom stereocenters. The van der Waals surface area contributed by atoms with Crippen LogP contribution in [0.2, 0.25) is 0 Å². The molecule has 0 amide bonds. The van der Waals surface area contributed by atoms with Gasteiger partial charge in [0, 0.05) is 23.8 Å². The summed E-state index contributed by atoms with van der Waals surface area (Å²) in [7, 11) is 0. The Morgan fingerprint density at radius 1 is 0.970 bits per heavy atom. The van der Waals surface area contributed by atoms with Crippen LogP contribution in [0.4, 0.5) is 5.69 Å². The smallest absolute Gasteiger partial charge is 0.152 e. The van der Waals surface area contributed by atoms with Gasteiger partial charge in [-0.1, -0.05) is 83.5 Å². The highest BCUT2D eigenvalue weighted by molar-refractivity contribution is 5.87. The Labute approximate surface area is 199 Å². The van der Waals surface area contributed by atoms with Crippen LogP contribution in [0, 0.1) is 0 Å². The first-order valence-corrected chi connectivity index (χ1v) is 11.6. The Kier molecular flexibility index (Phi) is 7.02. The Bertz CT molecular complexity index is 1150. The molecule has 0 aliphatic heterocycles. The highest BCUT2D eigenvalue weighted by Gasteiger charge is 2.24. The van der Waals surface area contributed by atoms with Gasteiger partial charge in [-0.2, -0.15) is 0 Å². The third-order valence-corrected chi connectivity index (χ3v) is 5.86. The largest absolute Gasteiger partial charge is 0.507 e. The molecule has 0 heterocycles. The number of nitrogens with zero attached hydrogens (tertiary/aromatic N) is 1. The third kappa shape index (κ3) is 6.04. The summed E-state index contributed by atoms with van der Waals surface area (Å²) in [6.07, 6.45) is 8.76. The second-order valence-electron chi connectivity index (χ2n) is 10.9. The molecule has 33 heavy (non-hydrogen) atoms. The molecule has 0 radical (unpaired) electrons. The SMILES string of the molecule is CC1=CC=CC(C)=C(Oc2ccccc2N=Cc2cc(C(C)(C)C)cc(C(C)(C)C)c2O)C1. The summed E-state index contributed by atoms with van der Waals surface area (Å²) in [5, 5.41) is 11.1. The number of rotatable bonds is 4. The van der Waals surface area contributed by atoms with Crippen molar-refractivity contribution in [3.63, 3.8) is 0 Å². The van der Waals surface area contributed by atoms with Crippen LogP contribution in [-0.4, -0.2) is 11.3 Å². The molecular weight excluding hydrogens is 406 g/mol. The first-order valence-electron chi connectivity index (χ1n) is 11.6. The Hall–Kier alpha value is -3.07. The molecule has 0 spiro atoms. The van der Waals surface area contributed by atoms with Gasteiger partial charge in [-0.15, -0.1) is 0 Å². The summed E-state index contributed by atoms with van der Waals surface area (Å²) in [4.78, 5) is 4.75. The van der Waals surface area contributed by atoms with Crippen molar-refractivity contribution in [3.8, 4) is 11.5 Å². The molecule has 1 aliphatic carbocycles. The number of allylic oxidation sites excluding steroid dienone is 5. The highest BCUT2D eigenvalue weighted by Crippen LogP contribution is 2.38. The number of ether oxygens (including phenoxy) is 1. The van der Waals surface area contributed by atoms with Gasteiger partial charge < -0.3 is 9.84 Å². The number of aromatic hydroxyl groups is 1. The predicted octanol–water partition coefficient (Wildman–Crippen LogP) is 8.30. The molecule has 0 saturated heterocycles. The van der Waals surface area contributed by atoms with Gasteiger partial charge in [-0.05, 0) is 54.0 Å². The molecular formula is C30H37NO2. The fourth-order valence-electron chi connectivity index (χ4n) is 3.70. The number of hydrogen-bond donors (Lipinski definition) is 1. The van der Waals surface area contributed by atoms with Gasteiger partial charge in [0.05, 0.1) is 0 Å². The van der Waals surface area contributed by atoms with E-state index in [2.05, 4.69) is 79.7 Å². The van der Waals surface area contributed by atoms with Crippen LogP contribution >= 0.6 is 0 Å². The maximum absolute atomic E-state index is 11.1. The van der Waals surface area contributed by atoms with E-state index in [0.717, 1.165) is 29.0 Å². The van der Waals surface area contributed by atoms with Crippen molar-refractivity contribution >= 4 is 11.9 Å². The van der Waals surface area contributed by atoms with Crippen LogP contribution in [-0.2, 0) is 10.8 Å². The zero-order valence-electron chi connectivity index (χ0n) is 21.3. The van der Waals surface area contributed by atoms with E-state index in [9.17, 15) is 5.11 Å². The van der Waals surface area contributed by atoms with Gasteiger partial charge in [0.15, 0.2) is 5.75 Å². The van der Waals surface area contributed by atoms with Crippen LogP contribution in [0.25, 0.3) is 0 Å². The number of phenols is 1. The molecule has 3 rings (SSSR count). The zero-order valence-corrected chi connectivity index (χ0v) is 21.3. The van der Waals surface area contributed by atoms with Gasteiger partial charge in [0.1, 0.15) is 17.2 Å².